The summed E-state index contributed by atoms with van der Waals surface area (Å²) in [7, 11) is 2.12. The number of halogens is 1. The molecule has 1 aliphatic rings. The first-order valence-electron chi connectivity index (χ1n) is 5.76. The van der Waals surface area contributed by atoms with Gasteiger partial charge in [0.25, 0.3) is 5.56 Å². The number of hydrogen-bond acceptors (Lipinski definition) is 4. The molecule has 1 aliphatic heterocycles. The lowest BCUT2D eigenvalue weighted by molar-refractivity contribution is 0.206. The Kier molecular flexibility index (Phi) is 3.69. The summed E-state index contributed by atoms with van der Waals surface area (Å²) in [4.78, 5) is 13.6. The van der Waals surface area contributed by atoms with Gasteiger partial charge in [-0.2, -0.15) is 5.10 Å². The van der Waals surface area contributed by atoms with Gasteiger partial charge in [-0.1, -0.05) is 18.5 Å². The Balaban J connectivity index is 2.10. The standard InChI is InChI=1S/C11H17ClN4O/c1-7-6-16(2)4-3-8(7)14-9-5-13-15-11(17)10(9)12/h5,7-8H,3-4,6H2,1-2H3,(H2,14,15,17). The number of rotatable bonds is 2. The van der Waals surface area contributed by atoms with Gasteiger partial charge in [-0.05, 0) is 25.9 Å². The van der Waals surface area contributed by atoms with Gasteiger partial charge in [0, 0.05) is 12.6 Å². The minimum atomic E-state index is -0.350. The molecule has 0 saturated carbocycles. The van der Waals surface area contributed by atoms with Gasteiger partial charge in [0.2, 0.25) is 0 Å². The molecule has 0 aromatic carbocycles. The molecule has 0 bridgehead atoms. The summed E-state index contributed by atoms with van der Waals surface area (Å²) < 4.78 is 0. The zero-order chi connectivity index (χ0) is 12.4. The van der Waals surface area contributed by atoms with Crippen molar-refractivity contribution < 1.29 is 0 Å². The van der Waals surface area contributed by atoms with Crippen LogP contribution in [0.3, 0.4) is 0 Å². The van der Waals surface area contributed by atoms with Gasteiger partial charge in [0.1, 0.15) is 5.02 Å². The zero-order valence-electron chi connectivity index (χ0n) is 10.0. The van der Waals surface area contributed by atoms with Crippen LogP contribution in [-0.2, 0) is 0 Å². The molecule has 1 fully saturated rings. The molecule has 1 saturated heterocycles. The SMILES string of the molecule is CC1CN(C)CCC1Nc1cn[nH]c(=O)c1Cl. The van der Waals surface area contributed by atoms with Crippen LogP contribution in [0.2, 0.25) is 5.02 Å². The Bertz CT molecular complexity index is 447. The normalized spacial score (nSPS) is 25.8. The van der Waals surface area contributed by atoms with E-state index in [2.05, 4.69) is 34.4 Å². The molecule has 0 spiro atoms. The Hall–Kier alpha value is -1.07. The second kappa shape index (κ2) is 5.06. The van der Waals surface area contributed by atoms with Crippen LogP contribution in [0.25, 0.3) is 0 Å². The zero-order valence-corrected chi connectivity index (χ0v) is 10.8. The minimum Gasteiger partial charge on any atom is -0.379 e. The van der Waals surface area contributed by atoms with Crippen molar-refractivity contribution >= 4 is 17.3 Å². The summed E-state index contributed by atoms with van der Waals surface area (Å²) in [5, 5.41) is 9.57. The fraction of sp³-hybridized carbons (Fsp3) is 0.636. The van der Waals surface area contributed by atoms with Crippen LogP contribution in [0.15, 0.2) is 11.0 Å². The van der Waals surface area contributed by atoms with E-state index in [0.717, 1.165) is 19.5 Å². The van der Waals surface area contributed by atoms with Crippen molar-refractivity contribution in [3.63, 3.8) is 0 Å². The first-order valence-corrected chi connectivity index (χ1v) is 6.14. The van der Waals surface area contributed by atoms with E-state index in [9.17, 15) is 4.79 Å². The van der Waals surface area contributed by atoms with Gasteiger partial charge in [0.15, 0.2) is 0 Å². The van der Waals surface area contributed by atoms with Gasteiger partial charge >= 0.3 is 0 Å². The second-order valence-electron chi connectivity index (χ2n) is 4.71. The third-order valence-electron chi connectivity index (χ3n) is 3.24. The Labute approximate surface area is 105 Å². The van der Waals surface area contributed by atoms with Crippen LogP contribution in [0, 0.1) is 5.92 Å². The molecule has 0 radical (unpaired) electrons. The summed E-state index contributed by atoms with van der Waals surface area (Å²) in [5.74, 6) is 0.518. The van der Waals surface area contributed by atoms with Crippen LogP contribution in [0.4, 0.5) is 5.69 Å². The number of hydrogen-bond donors (Lipinski definition) is 2. The molecule has 1 aromatic heterocycles. The van der Waals surface area contributed by atoms with Crippen molar-refractivity contribution in [1.29, 1.82) is 0 Å². The Morgan fingerprint density at radius 3 is 3.12 bits per heavy atom. The quantitative estimate of drug-likeness (QED) is 0.834. The Morgan fingerprint density at radius 1 is 1.65 bits per heavy atom. The molecule has 6 heteroatoms. The lowest BCUT2D eigenvalue weighted by Gasteiger charge is -2.35. The topological polar surface area (TPSA) is 61.0 Å². The van der Waals surface area contributed by atoms with E-state index in [1.165, 1.54) is 0 Å². The molecule has 0 amide bonds. The van der Waals surface area contributed by atoms with Gasteiger partial charge in [-0.3, -0.25) is 4.79 Å². The number of aromatic nitrogens is 2. The maximum absolute atomic E-state index is 11.3. The van der Waals surface area contributed by atoms with Gasteiger partial charge in [0.05, 0.1) is 11.9 Å². The Morgan fingerprint density at radius 2 is 2.41 bits per heavy atom. The number of anilines is 1. The first kappa shape index (κ1) is 12.4. The summed E-state index contributed by atoms with van der Waals surface area (Å²) in [6, 6.07) is 0.340. The molecule has 2 heterocycles. The van der Waals surface area contributed by atoms with Crippen LogP contribution >= 0.6 is 11.6 Å². The molecule has 5 nitrogen and oxygen atoms in total. The maximum Gasteiger partial charge on any atom is 0.285 e. The molecule has 2 N–H and O–H groups in total. The van der Waals surface area contributed by atoms with E-state index in [1.807, 2.05) is 0 Å². The summed E-state index contributed by atoms with van der Waals surface area (Å²) >= 11 is 5.93. The van der Waals surface area contributed by atoms with Gasteiger partial charge < -0.3 is 10.2 Å². The smallest absolute Gasteiger partial charge is 0.285 e. The van der Waals surface area contributed by atoms with E-state index in [0.29, 0.717) is 17.6 Å². The largest absolute Gasteiger partial charge is 0.379 e. The fourth-order valence-electron chi connectivity index (χ4n) is 2.25. The van der Waals surface area contributed by atoms with Crippen LogP contribution < -0.4 is 10.9 Å². The number of aromatic amines is 1. The second-order valence-corrected chi connectivity index (χ2v) is 5.08. The highest BCUT2D eigenvalue weighted by molar-refractivity contribution is 6.32. The average molecular weight is 257 g/mol. The molecule has 1 aromatic rings. The predicted molar refractivity (Wildman–Crippen MR) is 68.6 cm³/mol. The maximum atomic E-state index is 11.3. The summed E-state index contributed by atoms with van der Waals surface area (Å²) in [6.07, 6.45) is 2.61. The number of likely N-dealkylation sites (tertiary alicyclic amines) is 1. The number of H-pyrrole nitrogens is 1. The summed E-state index contributed by atoms with van der Waals surface area (Å²) in [6.45, 7) is 4.30. The predicted octanol–water partition coefficient (Wildman–Crippen LogP) is 1.18. The van der Waals surface area contributed by atoms with Crippen molar-refractivity contribution in [2.45, 2.75) is 19.4 Å². The number of nitrogens with one attached hydrogen (secondary N) is 2. The third kappa shape index (κ3) is 2.79. The average Bonchev–Trinajstić information content (AvgIpc) is 2.28. The molecule has 2 atom stereocenters. The van der Waals surface area contributed by atoms with E-state index in [1.54, 1.807) is 6.20 Å². The van der Waals surface area contributed by atoms with Gasteiger partial charge in [-0.25, -0.2) is 5.10 Å². The van der Waals surface area contributed by atoms with Crippen LogP contribution in [-0.4, -0.2) is 41.3 Å². The van der Waals surface area contributed by atoms with E-state index >= 15 is 0 Å². The third-order valence-corrected chi connectivity index (χ3v) is 3.62. The molecular weight excluding hydrogens is 240 g/mol. The molecule has 94 valence electrons. The monoisotopic (exact) mass is 256 g/mol. The van der Waals surface area contributed by atoms with Crippen molar-refractivity contribution in [3.05, 3.63) is 21.6 Å². The highest BCUT2D eigenvalue weighted by atomic mass is 35.5. The molecule has 2 unspecified atom stereocenters. The van der Waals surface area contributed by atoms with Crippen molar-refractivity contribution in [1.82, 2.24) is 15.1 Å². The first-order chi connectivity index (χ1) is 8.08. The number of nitrogens with zero attached hydrogens (tertiary/aromatic N) is 2. The number of piperidine rings is 1. The van der Waals surface area contributed by atoms with Crippen LogP contribution in [0.1, 0.15) is 13.3 Å². The van der Waals surface area contributed by atoms with Crippen LogP contribution in [0.5, 0.6) is 0 Å². The highest BCUT2D eigenvalue weighted by Gasteiger charge is 2.24. The molecular formula is C11H17ClN4O. The summed E-state index contributed by atoms with van der Waals surface area (Å²) in [5.41, 5.74) is 0.272. The lowest BCUT2D eigenvalue weighted by Crippen LogP contribution is -2.43. The molecule has 0 aliphatic carbocycles. The molecule has 17 heavy (non-hydrogen) atoms. The molecule has 2 rings (SSSR count). The highest BCUT2D eigenvalue weighted by Crippen LogP contribution is 2.22. The van der Waals surface area contributed by atoms with E-state index in [-0.39, 0.29) is 10.6 Å². The van der Waals surface area contributed by atoms with Crippen molar-refractivity contribution in [2.24, 2.45) is 5.92 Å². The lowest BCUT2D eigenvalue weighted by atomic mass is 9.94. The van der Waals surface area contributed by atoms with Gasteiger partial charge in [-0.15, -0.1) is 0 Å². The van der Waals surface area contributed by atoms with E-state index < -0.39 is 0 Å². The van der Waals surface area contributed by atoms with Crippen molar-refractivity contribution in [3.8, 4) is 0 Å². The van der Waals surface area contributed by atoms with E-state index in [4.69, 9.17) is 11.6 Å². The van der Waals surface area contributed by atoms with Crippen molar-refractivity contribution in [2.75, 3.05) is 25.5 Å². The minimum absolute atomic E-state index is 0.186. The fourth-order valence-corrected chi connectivity index (χ4v) is 2.40.